The van der Waals surface area contributed by atoms with E-state index in [0.29, 0.717) is 12.5 Å². The molecule has 96 valence electrons. The number of hydrogen-bond acceptors (Lipinski definition) is 2. The van der Waals surface area contributed by atoms with Gasteiger partial charge in [-0.1, -0.05) is 44.5 Å². The van der Waals surface area contributed by atoms with Crippen molar-refractivity contribution in [3.63, 3.8) is 0 Å². The first-order chi connectivity index (χ1) is 8.09. The van der Waals surface area contributed by atoms with E-state index in [0.717, 1.165) is 12.8 Å². The third-order valence-corrected chi connectivity index (χ3v) is 3.85. The maximum atomic E-state index is 9.82. The Bertz CT molecular complexity index is 345. The van der Waals surface area contributed by atoms with Crippen molar-refractivity contribution in [3.8, 4) is 0 Å². The predicted molar refractivity (Wildman–Crippen MR) is 73.1 cm³/mol. The standard InChI is InChI=1S/C15H25NO/c1-4-12(2)9-15(10-16,11-17)14-8-6-5-7-13(14)3/h5-8,12,17H,4,9-11,16H2,1-3H3. The maximum Gasteiger partial charge on any atom is 0.0540 e. The van der Waals surface area contributed by atoms with Crippen molar-refractivity contribution >= 4 is 0 Å². The zero-order chi connectivity index (χ0) is 12.9. The summed E-state index contributed by atoms with van der Waals surface area (Å²) in [4.78, 5) is 0. The zero-order valence-corrected chi connectivity index (χ0v) is 11.2. The Kier molecular flexibility index (Phi) is 5.16. The molecule has 2 atom stereocenters. The zero-order valence-electron chi connectivity index (χ0n) is 11.2. The molecule has 0 aliphatic rings. The van der Waals surface area contributed by atoms with Crippen LogP contribution in [-0.4, -0.2) is 18.3 Å². The summed E-state index contributed by atoms with van der Waals surface area (Å²) in [5.41, 5.74) is 8.10. The quantitative estimate of drug-likeness (QED) is 0.796. The fraction of sp³-hybridized carbons (Fsp3) is 0.600. The van der Waals surface area contributed by atoms with Gasteiger partial charge < -0.3 is 10.8 Å². The van der Waals surface area contributed by atoms with E-state index >= 15 is 0 Å². The summed E-state index contributed by atoms with van der Waals surface area (Å²) < 4.78 is 0. The van der Waals surface area contributed by atoms with Crippen molar-refractivity contribution in [3.05, 3.63) is 35.4 Å². The van der Waals surface area contributed by atoms with Gasteiger partial charge in [-0.3, -0.25) is 0 Å². The summed E-state index contributed by atoms with van der Waals surface area (Å²) in [5, 5.41) is 9.82. The highest BCUT2D eigenvalue weighted by Crippen LogP contribution is 2.33. The lowest BCUT2D eigenvalue weighted by molar-refractivity contribution is 0.170. The van der Waals surface area contributed by atoms with E-state index in [1.165, 1.54) is 11.1 Å². The van der Waals surface area contributed by atoms with Crippen LogP contribution in [0.4, 0.5) is 0 Å². The van der Waals surface area contributed by atoms with E-state index in [4.69, 9.17) is 5.73 Å². The topological polar surface area (TPSA) is 46.2 Å². The normalized spacial score (nSPS) is 16.5. The molecule has 1 aromatic rings. The average Bonchev–Trinajstić information content (AvgIpc) is 2.36. The van der Waals surface area contributed by atoms with E-state index < -0.39 is 0 Å². The fourth-order valence-corrected chi connectivity index (χ4v) is 2.50. The van der Waals surface area contributed by atoms with Gasteiger partial charge in [0.05, 0.1) is 6.61 Å². The summed E-state index contributed by atoms with van der Waals surface area (Å²) in [6.07, 6.45) is 2.06. The number of benzene rings is 1. The fourth-order valence-electron chi connectivity index (χ4n) is 2.50. The molecule has 0 radical (unpaired) electrons. The van der Waals surface area contributed by atoms with Crippen molar-refractivity contribution in [2.45, 2.75) is 39.0 Å². The monoisotopic (exact) mass is 235 g/mol. The Morgan fingerprint density at radius 3 is 2.47 bits per heavy atom. The van der Waals surface area contributed by atoms with Gasteiger partial charge in [0.15, 0.2) is 0 Å². The number of aliphatic hydroxyl groups excluding tert-OH is 1. The first-order valence-electron chi connectivity index (χ1n) is 6.46. The molecule has 3 N–H and O–H groups in total. The van der Waals surface area contributed by atoms with Gasteiger partial charge >= 0.3 is 0 Å². The number of aryl methyl sites for hydroxylation is 1. The van der Waals surface area contributed by atoms with E-state index in [2.05, 4.69) is 32.9 Å². The SMILES string of the molecule is CCC(C)CC(CN)(CO)c1ccccc1C. The molecule has 2 unspecified atom stereocenters. The van der Waals surface area contributed by atoms with Crippen molar-refractivity contribution in [2.75, 3.05) is 13.2 Å². The van der Waals surface area contributed by atoms with Crippen molar-refractivity contribution in [2.24, 2.45) is 11.7 Å². The molecule has 0 aliphatic carbocycles. The van der Waals surface area contributed by atoms with Crippen LogP contribution in [-0.2, 0) is 5.41 Å². The average molecular weight is 235 g/mol. The molecule has 0 saturated heterocycles. The van der Waals surface area contributed by atoms with E-state index in [1.807, 2.05) is 12.1 Å². The highest BCUT2D eigenvalue weighted by molar-refractivity contribution is 5.34. The Labute approximate surface area is 105 Å². The second-order valence-corrected chi connectivity index (χ2v) is 5.18. The highest BCUT2D eigenvalue weighted by atomic mass is 16.3. The molecule has 0 spiro atoms. The number of hydrogen-bond donors (Lipinski definition) is 2. The van der Waals surface area contributed by atoms with E-state index in [-0.39, 0.29) is 12.0 Å². The second kappa shape index (κ2) is 6.18. The van der Waals surface area contributed by atoms with Crippen LogP contribution in [0.25, 0.3) is 0 Å². The molecule has 0 bridgehead atoms. The van der Waals surface area contributed by atoms with Gasteiger partial charge in [0, 0.05) is 12.0 Å². The molecule has 2 nitrogen and oxygen atoms in total. The van der Waals surface area contributed by atoms with Gasteiger partial charge in [0.1, 0.15) is 0 Å². The molecule has 17 heavy (non-hydrogen) atoms. The predicted octanol–water partition coefficient (Wildman–Crippen LogP) is 2.62. The first-order valence-corrected chi connectivity index (χ1v) is 6.46. The van der Waals surface area contributed by atoms with Crippen molar-refractivity contribution < 1.29 is 5.11 Å². The molecule has 0 amide bonds. The molecular weight excluding hydrogens is 210 g/mol. The minimum Gasteiger partial charge on any atom is -0.395 e. The largest absolute Gasteiger partial charge is 0.395 e. The summed E-state index contributed by atoms with van der Waals surface area (Å²) in [5.74, 6) is 0.574. The van der Waals surface area contributed by atoms with Gasteiger partial charge in [0.2, 0.25) is 0 Å². The Balaban J connectivity index is 3.11. The van der Waals surface area contributed by atoms with Crippen LogP contribution in [0.5, 0.6) is 0 Å². The maximum absolute atomic E-state index is 9.82. The van der Waals surface area contributed by atoms with Crippen LogP contribution >= 0.6 is 0 Å². The lowest BCUT2D eigenvalue weighted by Gasteiger charge is -2.34. The van der Waals surface area contributed by atoms with Crippen LogP contribution < -0.4 is 5.73 Å². The van der Waals surface area contributed by atoms with Crippen LogP contribution in [0, 0.1) is 12.8 Å². The Hall–Kier alpha value is -0.860. The number of nitrogens with two attached hydrogens (primary N) is 1. The summed E-state index contributed by atoms with van der Waals surface area (Å²) >= 11 is 0. The molecule has 0 heterocycles. The van der Waals surface area contributed by atoms with Crippen molar-refractivity contribution in [1.82, 2.24) is 0 Å². The molecule has 0 aliphatic heterocycles. The molecule has 0 aromatic heterocycles. The summed E-state index contributed by atoms with van der Waals surface area (Å²) in [7, 11) is 0. The minimum atomic E-state index is -0.277. The van der Waals surface area contributed by atoms with Gasteiger partial charge in [-0.05, 0) is 30.4 Å². The molecular formula is C15H25NO. The minimum absolute atomic E-state index is 0.124. The van der Waals surface area contributed by atoms with Crippen molar-refractivity contribution in [1.29, 1.82) is 0 Å². The number of rotatable bonds is 6. The lowest BCUT2D eigenvalue weighted by atomic mass is 9.72. The van der Waals surface area contributed by atoms with E-state index in [1.54, 1.807) is 0 Å². The molecule has 1 aromatic carbocycles. The third kappa shape index (κ3) is 3.08. The molecule has 0 saturated carbocycles. The molecule has 1 rings (SSSR count). The van der Waals surface area contributed by atoms with Gasteiger partial charge in [-0.25, -0.2) is 0 Å². The molecule has 0 fully saturated rings. The summed E-state index contributed by atoms with van der Waals surface area (Å²) in [6.45, 7) is 7.11. The van der Waals surface area contributed by atoms with Gasteiger partial charge in [-0.15, -0.1) is 0 Å². The Morgan fingerprint density at radius 1 is 1.35 bits per heavy atom. The van der Waals surface area contributed by atoms with E-state index in [9.17, 15) is 5.11 Å². The lowest BCUT2D eigenvalue weighted by Crippen LogP contribution is -2.41. The Morgan fingerprint density at radius 2 is 2.00 bits per heavy atom. The molecule has 2 heteroatoms. The number of aliphatic hydroxyl groups is 1. The van der Waals surface area contributed by atoms with Gasteiger partial charge in [0.25, 0.3) is 0 Å². The van der Waals surface area contributed by atoms with Gasteiger partial charge in [-0.2, -0.15) is 0 Å². The van der Waals surface area contributed by atoms with Crippen LogP contribution in [0.15, 0.2) is 24.3 Å². The first kappa shape index (κ1) is 14.2. The highest BCUT2D eigenvalue weighted by Gasteiger charge is 2.32. The summed E-state index contributed by atoms with van der Waals surface area (Å²) in [6, 6.07) is 8.24. The van der Waals surface area contributed by atoms with Crippen LogP contribution in [0.1, 0.15) is 37.8 Å². The second-order valence-electron chi connectivity index (χ2n) is 5.18. The van der Waals surface area contributed by atoms with Crippen LogP contribution in [0.3, 0.4) is 0 Å². The third-order valence-electron chi connectivity index (χ3n) is 3.85. The smallest absolute Gasteiger partial charge is 0.0540 e. The van der Waals surface area contributed by atoms with Crippen LogP contribution in [0.2, 0.25) is 0 Å².